The number of hydrogen-bond donors (Lipinski definition) is 1. The van der Waals surface area contributed by atoms with Gasteiger partial charge in [-0.3, -0.25) is 0 Å². The summed E-state index contributed by atoms with van der Waals surface area (Å²) in [6.07, 6.45) is 2.81. The van der Waals surface area contributed by atoms with E-state index in [9.17, 15) is 0 Å². The molecule has 76 valence electrons. The third kappa shape index (κ3) is 6.76. The van der Waals surface area contributed by atoms with Crippen LogP contribution in [-0.4, -0.2) is 10.5 Å². The molecule has 2 heteroatoms. The van der Waals surface area contributed by atoms with Gasteiger partial charge in [-0.2, -0.15) is 0 Å². The lowest BCUT2D eigenvalue weighted by Gasteiger charge is -2.27. The third-order valence-electron chi connectivity index (χ3n) is 1.68. The molecule has 0 bridgehead atoms. The molecule has 0 atom stereocenters. The van der Waals surface area contributed by atoms with Crippen molar-refractivity contribution >= 4 is 17.2 Å². The molecule has 0 unspecified atom stereocenters. The molecule has 13 heavy (non-hydrogen) atoms. The van der Waals surface area contributed by atoms with Crippen LogP contribution < -0.4 is 5.32 Å². The lowest BCUT2D eigenvalue weighted by Crippen LogP contribution is -2.41. The summed E-state index contributed by atoms with van der Waals surface area (Å²) < 4.78 is 0. The van der Waals surface area contributed by atoms with E-state index >= 15 is 0 Å². The van der Waals surface area contributed by atoms with Crippen molar-refractivity contribution < 1.29 is 0 Å². The van der Waals surface area contributed by atoms with Gasteiger partial charge in [-0.15, -0.1) is 6.58 Å². The summed E-state index contributed by atoms with van der Waals surface area (Å²) in [7, 11) is 0. The maximum atomic E-state index is 5.26. The van der Waals surface area contributed by atoms with Crippen LogP contribution in [0, 0.1) is 5.41 Å². The minimum absolute atomic E-state index is 0.0638. The minimum Gasteiger partial charge on any atom is -0.375 e. The number of nitrogens with one attached hydrogen (secondary N) is 1. The summed E-state index contributed by atoms with van der Waals surface area (Å²) in [5, 5.41) is 3.29. The first-order valence-corrected chi connectivity index (χ1v) is 5.02. The highest BCUT2D eigenvalue weighted by molar-refractivity contribution is 7.80. The lowest BCUT2D eigenvalue weighted by molar-refractivity contribution is 0.470. The van der Waals surface area contributed by atoms with Gasteiger partial charge in [-0.05, 0) is 26.2 Å². The predicted octanol–water partition coefficient (Wildman–Crippen LogP) is 3.30. The van der Waals surface area contributed by atoms with Crippen LogP contribution in [0.1, 0.15) is 41.0 Å². The average molecular weight is 199 g/mol. The predicted molar refractivity (Wildman–Crippen MR) is 64.1 cm³/mol. The molecular formula is C11H21NS. The minimum atomic E-state index is 0.0638. The Balaban J connectivity index is 4.10. The average Bonchev–Trinajstić information content (AvgIpc) is 1.81. The van der Waals surface area contributed by atoms with Gasteiger partial charge < -0.3 is 5.32 Å². The molecule has 0 aromatic carbocycles. The first kappa shape index (κ1) is 12.6. The number of allylic oxidation sites excluding steroid dienone is 1. The van der Waals surface area contributed by atoms with Crippen molar-refractivity contribution in [3.63, 3.8) is 0 Å². The summed E-state index contributed by atoms with van der Waals surface area (Å²) in [5.41, 5.74) is 0.156. The van der Waals surface area contributed by atoms with E-state index < -0.39 is 0 Å². The monoisotopic (exact) mass is 199 g/mol. The maximum Gasteiger partial charge on any atom is 0.0765 e. The second kappa shape index (κ2) is 4.23. The zero-order valence-electron chi connectivity index (χ0n) is 9.40. The fourth-order valence-corrected chi connectivity index (χ4v) is 1.63. The van der Waals surface area contributed by atoms with E-state index in [-0.39, 0.29) is 11.0 Å². The number of hydrogen-bond acceptors (Lipinski definition) is 1. The molecule has 1 N–H and O–H groups in total. The normalized spacial score (nSPS) is 12.4. The SMILES string of the molecule is C=CC(C)(C)CC(=S)NC(C)(C)C. The van der Waals surface area contributed by atoms with E-state index in [1.54, 1.807) is 0 Å². The molecule has 0 aliphatic heterocycles. The van der Waals surface area contributed by atoms with Gasteiger partial charge in [0, 0.05) is 12.0 Å². The van der Waals surface area contributed by atoms with Crippen LogP contribution in [0.2, 0.25) is 0 Å². The highest BCUT2D eigenvalue weighted by Crippen LogP contribution is 2.21. The molecule has 0 aromatic rings. The Morgan fingerprint density at radius 3 is 2.08 bits per heavy atom. The van der Waals surface area contributed by atoms with Crippen LogP contribution in [0.4, 0.5) is 0 Å². The van der Waals surface area contributed by atoms with Gasteiger partial charge in [0.1, 0.15) is 0 Å². The van der Waals surface area contributed by atoms with Crippen LogP contribution in [0.3, 0.4) is 0 Å². The van der Waals surface area contributed by atoms with E-state index in [4.69, 9.17) is 12.2 Å². The summed E-state index contributed by atoms with van der Waals surface area (Å²) >= 11 is 5.26. The molecule has 0 spiro atoms. The quantitative estimate of drug-likeness (QED) is 0.553. The first-order valence-electron chi connectivity index (χ1n) is 4.61. The van der Waals surface area contributed by atoms with Gasteiger partial charge in [-0.25, -0.2) is 0 Å². The van der Waals surface area contributed by atoms with Crippen molar-refractivity contribution in [3.05, 3.63) is 12.7 Å². The summed E-state index contributed by atoms with van der Waals surface area (Å²) in [5.74, 6) is 0. The maximum absolute atomic E-state index is 5.26. The van der Waals surface area contributed by atoms with Gasteiger partial charge in [0.05, 0.1) is 4.99 Å². The van der Waals surface area contributed by atoms with E-state index in [0.29, 0.717) is 0 Å². The van der Waals surface area contributed by atoms with Crippen LogP contribution in [-0.2, 0) is 0 Å². The van der Waals surface area contributed by atoms with Crippen molar-refractivity contribution in [2.24, 2.45) is 5.41 Å². The smallest absolute Gasteiger partial charge is 0.0765 e. The molecule has 0 fully saturated rings. The molecule has 0 saturated heterocycles. The Labute approximate surface area is 87.6 Å². The molecule has 0 aromatic heterocycles. The summed E-state index contributed by atoms with van der Waals surface area (Å²) in [6.45, 7) is 14.4. The summed E-state index contributed by atoms with van der Waals surface area (Å²) in [4.78, 5) is 0.914. The highest BCUT2D eigenvalue weighted by Gasteiger charge is 2.18. The largest absolute Gasteiger partial charge is 0.375 e. The van der Waals surface area contributed by atoms with E-state index in [0.717, 1.165) is 11.4 Å². The fraction of sp³-hybridized carbons (Fsp3) is 0.727. The molecule has 0 amide bonds. The van der Waals surface area contributed by atoms with Crippen LogP contribution in [0.25, 0.3) is 0 Å². The second-order valence-electron chi connectivity index (χ2n) is 5.17. The van der Waals surface area contributed by atoms with Crippen molar-refractivity contribution in [2.45, 2.75) is 46.6 Å². The van der Waals surface area contributed by atoms with E-state index in [2.05, 4.69) is 46.5 Å². The molecule has 0 radical (unpaired) electrons. The molecule has 0 rings (SSSR count). The van der Waals surface area contributed by atoms with Crippen molar-refractivity contribution in [1.82, 2.24) is 5.32 Å². The standard InChI is InChI=1S/C11H21NS/c1-7-11(5,6)8-9(13)12-10(2,3)4/h7H,1,8H2,2-6H3,(H,12,13). The van der Waals surface area contributed by atoms with E-state index in [1.165, 1.54) is 0 Å². The van der Waals surface area contributed by atoms with Crippen LogP contribution in [0.5, 0.6) is 0 Å². The van der Waals surface area contributed by atoms with Gasteiger partial charge in [-0.1, -0.05) is 32.1 Å². The Morgan fingerprint density at radius 1 is 1.31 bits per heavy atom. The van der Waals surface area contributed by atoms with E-state index in [1.807, 2.05) is 6.08 Å². The van der Waals surface area contributed by atoms with Crippen LogP contribution >= 0.6 is 12.2 Å². The Hall–Kier alpha value is -0.370. The molecule has 0 saturated carbocycles. The molecule has 0 heterocycles. The second-order valence-corrected chi connectivity index (χ2v) is 5.66. The molecule has 0 aliphatic rings. The van der Waals surface area contributed by atoms with Crippen molar-refractivity contribution in [1.29, 1.82) is 0 Å². The van der Waals surface area contributed by atoms with Crippen molar-refractivity contribution in [3.8, 4) is 0 Å². The molecule has 1 nitrogen and oxygen atoms in total. The van der Waals surface area contributed by atoms with Gasteiger partial charge in [0.25, 0.3) is 0 Å². The van der Waals surface area contributed by atoms with Crippen molar-refractivity contribution in [2.75, 3.05) is 0 Å². The lowest BCUT2D eigenvalue weighted by atomic mass is 9.89. The number of thiocarbonyl (C=S) groups is 1. The Bertz CT molecular complexity index is 199. The Kier molecular flexibility index (Phi) is 4.11. The van der Waals surface area contributed by atoms with Gasteiger partial charge >= 0.3 is 0 Å². The van der Waals surface area contributed by atoms with Crippen LogP contribution in [0.15, 0.2) is 12.7 Å². The number of rotatable bonds is 3. The Morgan fingerprint density at radius 2 is 1.77 bits per heavy atom. The van der Waals surface area contributed by atoms with Gasteiger partial charge in [0.2, 0.25) is 0 Å². The first-order chi connectivity index (χ1) is 5.66. The molecular weight excluding hydrogens is 178 g/mol. The third-order valence-corrected chi connectivity index (χ3v) is 1.93. The fourth-order valence-electron chi connectivity index (χ4n) is 0.948. The summed E-state index contributed by atoms with van der Waals surface area (Å²) in [6, 6.07) is 0. The molecule has 0 aliphatic carbocycles. The topological polar surface area (TPSA) is 12.0 Å². The van der Waals surface area contributed by atoms with Gasteiger partial charge in [0.15, 0.2) is 0 Å². The highest BCUT2D eigenvalue weighted by atomic mass is 32.1. The zero-order valence-corrected chi connectivity index (χ0v) is 10.2. The zero-order chi connectivity index (χ0) is 10.7.